The van der Waals surface area contributed by atoms with Gasteiger partial charge in [0.2, 0.25) is 0 Å². The van der Waals surface area contributed by atoms with Crippen molar-refractivity contribution in [2.24, 2.45) is 10.8 Å². The van der Waals surface area contributed by atoms with Crippen molar-refractivity contribution in [3.05, 3.63) is 0 Å². The van der Waals surface area contributed by atoms with Crippen LogP contribution in [0.3, 0.4) is 0 Å². The molecule has 3 heteroatoms. The molecule has 4 aliphatic heterocycles. The standard InChI is InChI=1S/C13H24N2O/c1-3-5-13-8-14-6-12(4-2,11(13)16)7-15(9-13)10-14/h11,16H,3-10H2,1-2H3. The molecule has 16 heavy (non-hydrogen) atoms. The van der Waals surface area contributed by atoms with Crippen LogP contribution < -0.4 is 0 Å². The van der Waals surface area contributed by atoms with E-state index in [2.05, 4.69) is 23.6 Å². The summed E-state index contributed by atoms with van der Waals surface area (Å²) in [4.78, 5) is 5.14. The van der Waals surface area contributed by atoms with Gasteiger partial charge in [0.1, 0.15) is 0 Å². The van der Waals surface area contributed by atoms with Gasteiger partial charge in [0.25, 0.3) is 0 Å². The van der Waals surface area contributed by atoms with Gasteiger partial charge in [0.15, 0.2) is 0 Å². The minimum atomic E-state index is -0.0715. The SMILES string of the molecule is CCCC12CN3CN(CC(CC)(C3)C1O)C2. The minimum absolute atomic E-state index is 0.0715. The molecule has 3 unspecified atom stereocenters. The molecule has 3 nitrogen and oxygen atoms in total. The van der Waals surface area contributed by atoms with E-state index in [-0.39, 0.29) is 16.9 Å². The Kier molecular flexibility index (Phi) is 2.36. The lowest BCUT2D eigenvalue weighted by molar-refractivity contribution is -0.240. The van der Waals surface area contributed by atoms with Crippen molar-refractivity contribution < 1.29 is 5.11 Å². The van der Waals surface area contributed by atoms with E-state index in [1.165, 1.54) is 12.8 Å². The minimum Gasteiger partial charge on any atom is -0.392 e. The summed E-state index contributed by atoms with van der Waals surface area (Å²) >= 11 is 0. The molecule has 0 spiro atoms. The highest BCUT2D eigenvalue weighted by atomic mass is 16.3. The number of rotatable bonds is 3. The topological polar surface area (TPSA) is 26.7 Å². The fourth-order valence-corrected chi connectivity index (χ4v) is 4.68. The third-order valence-corrected chi connectivity index (χ3v) is 5.17. The van der Waals surface area contributed by atoms with Crippen molar-refractivity contribution in [3.63, 3.8) is 0 Å². The van der Waals surface area contributed by atoms with Crippen LogP contribution >= 0.6 is 0 Å². The Morgan fingerprint density at radius 1 is 1.06 bits per heavy atom. The predicted octanol–water partition coefficient (Wildman–Crippen LogP) is 1.13. The summed E-state index contributed by atoms with van der Waals surface area (Å²) in [6, 6.07) is 0. The van der Waals surface area contributed by atoms with Crippen LogP contribution in [0.15, 0.2) is 0 Å². The lowest BCUT2D eigenvalue weighted by Crippen LogP contribution is -2.77. The van der Waals surface area contributed by atoms with Crippen LogP contribution in [0.4, 0.5) is 0 Å². The van der Waals surface area contributed by atoms with Crippen molar-refractivity contribution in [2.45, 2.75) is 39.2 Å². The number of nitrogens with zero attached hydrogens (tertiary/aromatic N) is 2. The number of hydrogen-bond donors (Lipinski definition) is 1. The molecule has 0 aromatic heterocycles. The zero-order valence-electron chi connectivity index (χ0n) is 10.6. The van der Waals surface area contributed by atoms with Gasteiger partial charge < -0.3 is 5.11 Å². The van der Waals surface area contributed by atoms with Gasteiger partial charge in [-0.05, 0) is 12.8 Å². The summed E-state index contributed by atoms with van der Waals surface area (Å²) in [6.07, 6.45) is 3.42. The number of aliphatic hydroxyl groups excluding tert-OH is 1. The number of aliphatic hydroxyl groups is 1. The van der Waals surface area contributed by atoms with Crippen LogP contribution in [-0.2, 0) is 0 Å². The van der Waals surface area contributed by atoms with Gasteiger partial charge in [-0.15, -0.1) is 0 Å². The number of hydrogen-bond acceptors (Lipinski definition) is 3. The second kappa shape index (κ2) is 3.44. The van der Waals surface area contributed by atoms with Crippen molar-refractivity contribution in [2.75, 3.05) is 32.8 Å². The van der Waals surface area contributed by atoms with Crippen LogP contribution in [0.2, 0.25) is 0 Å². The molecule has 1 N–H and O–H groups in total. The molecule has 4 fully saturated rings. The maximum atomic E-state index is 10.8. The van der Waals surface area contributed by atoms with E-state index >= 15 is 0 Å². The van der Waals surface area contributed by atoms with Crippen LogP contribution in [0.25, 0.3) is 0 Å². The molecule has 4 aliphatic rings. The molecule has 0 aromatic rings. The molecule has 3 atom stereocenters. The van der Waals surface area contributed by atoms with E-state index in [4.69, 9.17) is 0 Å². The normalized spacial score (nSPS) is 54.6. The summed E-state index contributed by atoms with van der Waals surface area (Å²) < 4.78 is 0. The first-order valence-corrected chi connectivity index (χ1v) is 6.77. The molecular weight excluding hydrogens is 200 g/mol. The Morgan fingerprint density at radius 3 is 2.12 bits per heavy atom. The first-order chi connectivity index (χ1) is 7.64. The van der Waals surface area contributed by atoms with Gasteiger partial charge in [-0.25, -0.2) is 0 Å². The zero-order chi connectivity index (χ0) is 11.4. The second-order valence-corrected chi connectivity index (χ2v) is 6.35. The predicted molar refractivity (Wildman–Crippen MR) is 64.1 cm³/mol. The number of piperidine rings is 2. The molecule has 4 rings (SSSR count). The van der Waals surface area contributed by atoms with E-state index in [1.54, 1.807) is 0 Å². The Labute approximate surface area is 98.4 Å². The molecule has 4 saturated heterocycles. The maximum Gasteiger partial charge on any atom is 0.0701 e. The fraction of sp³-hybridized carbons (Fsp3) is 1.00. The van der Waals surface area contributed by atoms with Crippen molar-refractivity contribution in [1.82, 2.24) is 9.80 Å². The molecular formula is C13H24N2O. The van der Waals surface area contributed by atoms with Gasteiger partial charge in [-0.3, -0.25) is 9.80 Å². The molecule has 4 bridgehead atoms. The molecule has 0 aliphatic carbocycles. The third kappa shape index (κ3) is 1.25. The zero-order valence-corrected chi connectivity index (χ0v) is 10.6. The van der Waals surface area contributed by atoms with Gasteiger partial charge >= 0.3 is 0 Å². The maximum absolute atomic E-state index is 10.8. The summed E-state index contributed by atoms with van der Waals surface area (Å²) in [6.45, 7) is 10.1. The van der Waals surface area contributed by atoms with Crippen molar-refractivity contribution in [1.29, 1.82) is 0 Å². The Balaban J connectivity index is 1.96. The molecule has 0 saturated carbocycles. The Hall–Kier alpha value is -0.120. The lowest BCUT2D eigenvalue weighted by atomic mass is 9.57. The molecule has 0 aromatic carbocycles. The van der Waals surface area contributed by atoms with Crippen molar-refractivity contribution in [3.8, 4) is 0 Å². The van der Waals surface area contributed by atoms with Crippen LogP contribution in [0.5, 0.6) is 0 Å². The van der Waals surface area contributed by atoms with Crippen LogP contribution in [0, 0.1) is 10.8 Å². The third-order valence-electron chi connectivity index (χ3n) is 5.17. The van der Waals surface area contributed by atoms with E-state index in [9.17, 15) is 5.11 Å². The van der Waals surface area contributed by atoms with E-state index < -0.39 is 0 Å². The summed E-state index contributed by atoms with van der Waals surface area (Å²) in [7, 11) is 0. The molecule has 0 radical (unpaired) electrons. The largest absolute Gasteiger partial charge is 0.392 e. The van der Waals surface area contributed by atoms with Gasteiger partial charge in [-0.1, -0.05) is 20.3 Å². The first-order valence-electron chi connectivity index (χ1n) is 6.77. The van der Waals surface area contributed by atoms with Crippen LogP contribution in [0.1, 0.15) is 33.1 Å². The van der Waals surface area contributed by atoms with E-state index in [0.29, 0.717) is 0 Å². The summed E-state index contributed by atoms with van der Waals surface area (Å²) in [5.74, 6) is 0. The summed E-state index contributed by atoms with van der Waals surface area (Å²) in [5, 5.41) is 10.8. The highest BCUT2D eigenvalue weighted by Crippen LogP contribution is 2.52. The van der Waals surface area contributed by atoms with E-state index in [1.807, 2.05) is 0 Å². The van der Waals surface area contributed by atoms with E-state index in [0.717, 1.165) is 39.3 Å². The highest BCUT2D eigenvalue weighted by Gasteiger charge is 2.61. The van der Waals surface area contributed by atoms with Crippen molar-refractivity contribution >= 4 is 0 Å². The lowest BCUT2D eigenvalue weighted by Gasteiger charge is -2.67. The molecule has 4 heterocycles. The smallest absolute Gasteiger partial charge is 0.0701 e. The van der Waals surface area contributed by atoms with Gasteiger partial charge in [-0.2, -0.15) is 0 Å². The Bertz CT molecular complexity index is 278. The van der Waals surface area contributed by atoms with Gasteiger partial charge in [0.05, 0.1) is 12.8 Å². The average Bonchev–Trinajstić information content (AvgIpc) is 2.25. The van der Waals surface area contributed by atoms with Crippen LogP contribution in [-0.4, -0.2) is 53.9 Å². The first kappa shape index (κ1) is 11.0. The fourth-order valence-electron chi connectivity index (χ4n) is 4.68. The van der Waals surface area contributed by atoms with Gasteiger partial charge in [0, 0.05) is 37.0 Å². The summed E-state index contributed by atoms with van der Waals surface area (Å²) in [5.41, 5.74) is 0.351. The monoisotopic (exact) mass is 224 g/mol. The second-order valence-electron chi connectivity index (χ2n) is 6.35. The molecule has 0 amide bonds. The quantitative estimate of drug-likeness (QED) is 0.778. The average molecular weight is 224 g/mol. The Morgan fingerprint density at radius 2 is 1.62 bits per heavy atom. The highest BCUT2D eigenvalue weighted by molar-refractivity contribution is 5.13. The molecule has 92 valence electrons.